The Morgan fingerprint density at radius 3 is 1.40 bits per heavy atom. The number of esters is 1. The maximum absolute atomic E-state index is 12.4. The molecule has 0 atom stereocenters. The molecule has 0 radical (unpaired) electrons. The van der Waals surface area contributed by atoms with Crippen LogP contribution in [0.4, 0.5) is 39.5 Å². The van der Waals surface area contributed by atoms with Gasteiger partial charge in [0.25, 0.3) is 0 Å². The molecule has 0 saturated heterocycles. The highest BCUT2D eigenvalue weighted by Crippen LogP contribution is 2.29. The Bertz CT molecular complexity index is 1250. The number of nitrogens with two attached hydrogens (primary N) is 1. The van der Waals surface area contributed by atoms with Gasteiger partial charge in [0.05, 0.1) is 35.6 Å². The van der Waals surface area contributed by atoms with Crippen molar-refractivity contribution in [1.82, 2.24) is 19.8 Å². The van der Waals surface area contributed by atoms with Gasteiger partial charge < -0.3 is 20.3 Å². The average Bonchev–Trinajstić information content (AvgIpc) is 2.92. The lowest BCUT2D eigenvalue weighted by atomic mass is 10.2. The molecule has 2 N–H and O–H groups in total. The minimum Gasteiger partial charge on any atom is -0.449 e. The van der Waals surface area contributed by atoms with Gasteiger partial charge in [0.2, 0.25) is 0 Å². The Balaban J connectivity index is 0.000000442. The van der Waals surface area contributed by atoms with Gasteiger partial charge >= 0.3 is 42.2 Å². The van der Waals surface area contributed by atoms with E-state index in [1.807, 2.05) is 0 Å². The van der Waals surface area contributed by atoms with Crippen molar-refractivity contribution in [3.8, 4) is 0 Å². The lowest BCUT2D eigenvalue weighted by Gasteiger charge is -2.19. The second kappa shape index (κ2) is 15.1. The van der Waals surface area contributed by atoms with Crippen molar-refractivity contribution >= 4 is 23.7 Å². The summed E-state index contributed by atoms with van der Waals surface area (Å²) in [4.78, 5) is 54.1. The third-order valence-corrected chi connectivity index (χ3v) is 5.10. The van der Waals surface area contributed by atoms with E-state index in [-0.39, 0.29) is 37.6 Å². The van der Waals surface area contributed by atoms with Gasteiger partial charge in [-0.1, -0.05) is 0 Å². The molecule has 0 aliphatic carbocycles. The minimum absolute atomic E-state index is 0.0295. The number of rotatable bonds is 7. The molecular weight excluding hydrogens is 609 g/mol. The van der Waals surface area contributed by atoms with Crippen molar-refractivity contribution in [1.29, 1.82) is 0 Å². The van der Waals surface area contributed by atoms with Crippen LogP contribution < -0.4 is 5.73 Å². The van der Waals surface area contributed by atoms with Crippen LogP contribution in [0.2, 0.25) is 0 Å². The molecular formula is C24H24F9N5O5. The SMILES string of the molecule is CCN(Cc1ccc(C(F)(F)F)cn1)C(=O)C(=O)OCC(F)(F)F.CCN(Cc1ccc(C(F)(F)F)cn1)C(=O)C(N)=O. The Morgan fingerprint density at radius 2 is 1.12 bits per heavy atom. The molecule has 0 spiro atoms. The molecule has 238 valence electrons. The smallest absolute Gasteiger partial charge is 0.422 e. The predicted molar refractivity (Wildman–Crippen MR) is 127 cm³/mol. The summed E-state index contributed by atoms with van der Waals surface area (Å²) in [6.45, 7) is 0.829. The lowest BCUT2D eigenvalue weighted by Crippen LogP contribution is -2.39. The largest absolute Gasteiger partial charge is 0.449 e. The third kappa shape index (κ3) is 12.5. The van der Waals surface area contributed by atoms with E-state index in [9.17, 15) is 58.7 Å². The molecule has 43 heavy (non-hydrogen) atoms. The van der Waals surface area contributed by atoms with Gasteiger partial charge in [-0.25, -0.2) is 4.79 Å². The van der Waals surface area contributed by atoms with E-state index in [0.717, 1.165) is 34.1 Å². The maximum Gasteiger partial charge on any atom is 0.422 e. The van der Waals surface area contributed by atoms with Crippen LogP contribution in [0.15, 0.2) is 36.7 Å². The van der Waals surface area contributed by atoms with E-state index in [1.54, 1.807) is 6.92 Å². The molecule has 19 heteroatoms. The summed E-state index contributed by atoms with van der Waals surface area (Å²) in [5.41, 5.74) is 3.25. The standard InChI is InChI=1S/C13H12F6N2O3.C11H12F3N3O2/c1-2-21(10(22)11(23)24-7-12(14,15)16)6-9-4-3-8(5-20-9)13(17,18)19;1-2-17(10(19)9(15)18)6-8-4-3-7(5-16-8)11(12,13)14/h3-5H,2,6-7H2,1H3;3-5H,2,6H2,1H3,(H2,15,18). The number of hydrogen-bond donors (Lipinski definition) is 1. The first kappa shape index (κ1) is 36.6. The number of amides is 3. The Labute approximate surface area is 237 Å². The topological polar surface area (TPSA) is 136 Å². The van der Waals surface area contributed by atoms with Crippen molar-refractivity contribution in [2.24, 2.45) is 5.73 Å². The van der Waals surface area contributed by atoms with E-state index >= 15 is 0 Å². The first-order valence-corrected chi connectivity index (χ1v) is 11.8. The monoisotopic (exact) mass is 633 g/mol. The Hall–Kier alpha value is -4.45. The van der Waals surface area contributed by atoms with E-state index in [4.69, 9.17) is 5.73 Å². The summed E-state index contributed by atoms with van der Waals surface area (Å²) in [5, 5.41) is 0. The summed E-state index contributed by atoms with van der Waals surface area (Å²) in [6, 6.07) is 3.76. The summed E-state index contributed by atoms with van der Waals surface area (Å²) in [7, 11) is 0. The predicted octanol–water partition coefficient (Wildman–Crippen LogP) is 3.49. The number of carbonyl (C=O) groups excluding carboxylic acids is 4. The fraction of sp³-hybridized carbons (Fsp3) is 0.417. The highest BCUT2D eigenvalue weighted by Gasteiger charge is 2.33. The zero-order valence-electron chi connectivity index (χ0n) is 22.3. The van der Waals surface area contributed by atoms with E-state index < -0.39 is 60.0 Å². The Morgan fingerprint density at radius 1 is 0.721 bits per heavy atom. The number of hydrogen-bond acceptors (Lipinski definition) is 7. The molecule has 2 rings (SSSR count). The van der Waals surface area contributed by atoms with Gasteiger partial charge in [0.15, 0.2) is 6.61 Å². The van der Waals surface area contributed by atoms with Crippen molar-refractivity contribution in [2.45, 2.75) is 45.5 Å². The lowest BCUT2D eigenvalue weighted by molar-refractivity contribution is -0.189. The minimum atomic E-state index is -4.78. The molecule has 0 aliphatic rings. The van der Waals surface area contributed by atoms with Gasteiger partial charge in [-0.3, -0.25) is 24.4 Å². The third-order valence-electron chi connectivity index (χ3n) is 5.10. The van der Waals surface area contributed by atoms with Crippen LogP contribution in [0.3, 0.4) is 0 Å². The normalized spacial score (nSPS) is 11.6. The van der Waals surface area contributed by atoms with Gasteiger partial charge in [-0.05, 0) is 38.1 Å². The zero-order valence-corrected chi connectivity index (χ0v) is 22.3. The summed E-state index contributed by atoms with van der Waals surface area (Å²) >= 11 is 0. The van der Waals surface area contributed by atoms with Crippen molar-refractivity contribution in [3.63, 3.8) is 0 Å². The average molecular weight is 633 g/mol. The van der Waals surface area contributed by atoms with Crippen LogP contribution >= 0.6 is 0 Å². The summed E-state index contributed by atoms with van der Waals surface area (Å²) in [6.07, 6.45) is -12.6. The molecule has 10 nitrogen and oxygen atoms in total. The molecule has 2 heterocycles. The second-order valence-corrected chi connectivity index (χ2v) is 8.27. The number of ether oxygens (including phenoxy) is 1. The number of alkyl halides is 9. The highest BCUT2D eigenvalue weighted by atomic mass is 19.4. The van der Waals surface area contributed by atoms with Crippen LogP contribution in [-0.2, 0) is 49.4 Å². The number of halogens is 9. The van der Waals surface area contributed by atoms with E-state index in [2.05, 4.69) is 14.7 Å². The number of pyridine rings is 2. The van der Waals surface area contributed by atoms with Crippen molar-refractivity contribution in [3.05, 3.63) is 59.2 Å². The van der Waals surface area contributed by atoms with Crippen LogP contribution in [-0.4, -0.2) is 69.3 Å². The molecule has 0 fully saturated rings. The summed E-state index contributed by atoms with van der Waals surface area (Å²) in [5.74, 6) is -5.07. The van der Waals surface area contributed by atoms with Crippen molar-refractivity contribution < 1.29 is 63.4 Å². The molecule has 0 bridgehead atoms. The molecule has 0 aromatic carbocycles. The number of aromatic nitrogens is 2. The Kier molecular flexibility index (Phi) is 12.9. The maximum atomic E-state index is 12.4. The van der Waals surface area contributed by atoms with Crippen LogP contribution in [0.1, 0.15) is 36.4 Å². The van der Waals surface area contributed by atoms with E-state index in [0.29, 0.717) is 12.4 Å². The van der Waals surface area contributed by atoms with Gasteiger partial charge in [-0.2, -0.15) is 39.5 Å². The number of nitrogens with zero attached hydrogens (tertiary/aromatic N) is 4. The van der Waals surface area contributed by atoms with E-state index in [1.165, 1.54) is 6.92 Å². The molecule has 0 saturated carbocycles. The fourth-order valence-electron chi connectivity index (χ4n) is 2.91. The highest BCUT2D eigenvalue weighted by molar-refractivity contribution is 6.34. The van der Waals surface area contributed by atoms with Crippen LogP contribution in [0.5, 0.6) is 0 Å². The van der Waals surface area contributed by atoms with Gasteiger partial charge in [0, 0.05) is 25.5 Å². The van der Waals surface area contributed by atoms with Gasteiger partial charge in [-0.15, -0.1) is 0 Å². The quantitative estimate of drug-likeness (QED) is 0.280. The number of primary amides is 1. The van der Waals surface area contributed by atoms with Crippen LogP contribution in [0, 0.1) is 0 Å². The summed E-state index contributed by atoms with van der Waals surface area (Å²) < 4.78 is 114. The molecule has 0 unspecified atom stereocenters. The fourth-order valence-corrected chi connectivity index (χ4v) is 2.91. The molecule has 2 aromatic rings. The molecule has 0 aliphatic heterocycles. The zero-order chi connectivity index (χ0) is 33.2. The first-order valence-electron chi connectivity index (χ1n) is 11.8. The molecule has 2 aromatic heterocycles. The number of likely N-dealkylation sites (N-methyl/N-ethyl adjacent to an activating group) is 2. The van der Waals surface area contributed by atoms with Crippen molar-refractivity contribution in [2.75, 3.05) is 19.7 Å². The molecule has 3 amide bonds. The second-order valence-electron chi connectivity index (χ2n) is 8.27. The first-order chi connectivity index (χ1) is 19.7. The number of carbonyl (C=O) groups is 4. The van der Waals surface area contributed by atoms with Crippen LogP contribution in [0.25, 0.3) is 0 Å². The van der Waals surface area contributed by atoms with Gasteiger partial charge in [0.1, 0.15) is 0 Å².